The number of phenolic OH excluding ortho intramolecular Hbond substituents is 1. The van der Waals surface area contributed by atoms with Crippen LogP contribution in [0.1, 0.15) is 13.8 Å². The van der Waals surface area contributed by atoms with Crippen molar-refractivity contribution in [3.05, 3.63) is 24.3 Å². The second-order valence-corrected chi connectivity index (χ2v) is 3.37. The van der Waals surface area contributed by atoms with Crippen LogP contribution < -0.4 is 4.74 Å². The summed E-state index contributed by atoms with van der Waals surface area (Å²) in [6.45, 7) is 8.01. The lowest BCUT2D eigenvalue weighted by molar-refractivity contribution is 0.222. The molecule has 1 aromatic rings. The lowest BCUT2D eigenvalue weighted by Gasteiger charge is -2.17. The van der Waals surface area contributed by atoms with Crippen LogP contribution in [-0.4, -0.2) is 36.2 Å². The zero-order valence-electron chi connectivity index (χ0n) is 9.85. The van der Waals surface area contributed by atoms with E-state index in [0.717, 1.165) is 25.4 Å². The highest BCUT2D eigenvalue weighted by Crippen LogP contribution is 2.15. The van der Waals surface area contributed by atoms with Gasteiger partial charge in [-0.2, -0.15) is 0 Å². The molecule has 0 bridgehead atoms. The molecule has 0 amide bonds. The summed E-state index contributed by atoms with van der Waals surface area (Å²) in [4.78, 5) is 2.31. The minimum Gasteiger partial charge on any atom is -0.508 e. The second kappa shape index (κ2) is 8.25. The van der Waals surface area contributed by atoms with Crippen LogP contribution in [0.25, 0.3) is 0 Å². The number of rotatable bonds is 6. The quantitative estimate of drug-likeness (QED) is 0.836. The average molecular weight is 246 g/mol. The first-order valence-electron chi connectivity index (χ1n) is 5.40. The van der Waals surface area contributed by atoms with Crippen LogP contribution in [-0.2, 0) is 0 Å². The molecule has 4 heteroatoms. The molecule has 0 aliphatic heterocycles. The van der Waals surface area contributed by atoms with Crippen LogP contribution >= 0.6 is 12.4 Å². The Hall–Kier alpha value is -0.930. The van der Waals surface area contributed by atoms with Crippen molar-refractivity contribution in [1.29, 1.82) is 0 Å². The molecule has 0 atom stereocenters. The lowest BCUT2D eigenvalue weighted by Crippen LogP contribution is -2.27. The van der Waals surface area contributed by atoms with Gasteiger partial charge in [0.25, 0.3) is 0 Å². The number of ether oxygens (including phenoxy) is 1. The molecule has 0 spiro atoms. The Balaban J connectivity index is 0.00000225. The molecule has 92 valence electrons. The maximum absolute atomic E-state index is 9.08. The molecule has 0 heterocycles. The highest BCUT2D eigenvalue weighted by Gasteiger charge is 1.99. The van der Waals surface area contributed by atoms with Crippen molar-refractivity contribution in [3.63, 3.8) is 0 Å². The molecular formula is C12H20ClNO2. The summed E-state index contributed by atoms with van der Waals surface area (Å²) in [5, 5.41) is 9.08. The fourth-order valence-electron chi connectivity index (χ4n) is 1.37. The van der Waals surface area contributed by atoms with Gasteiger partial charge < -0.3 is 14.7 Å². The number of phenols is 1. The van der Waals surface area contributed by atoms with Gasteiger partial charge in [-0.25, -0.2) is 0 Å². The Morgan fingerprint density at radius 2 is 1.69 bits per heavy atom. The number of benzene rings is 1. The van der Waals surface area contributed by atoms with Crippen LogP contribution in [0.2, 0.25) is 0 Å². The van der Waals surface area contributed by atoms with E-state index < -0.39 is 0 Å². The van der Waals surface area contributed by atoms with Gasteiger partial charge in [0.05, 0.1) is 0 Å². The van der Waals surface area contributed by atoms with Crippen molar-refractivity contribution in [2.45, 2.75) is 13.8 Å². The van der Waals surface area contributed by atoms with Gasteiger partial charge >= 0.3 is 0 Å². The predicted octanol–water partition coefficient (Wildman–Crippen LogP) is 2.53. The summed E-state index contributed by atoms with van der Waals surface area (Å²) < 4.78 is 5.54. The third kappa shape index (κ3) is 5.24. The van der Waals surface area contributed by atoms with Gasteiger partial charge in [-0.3, -0.25) is 0 Å². The molecule has 0 unspecified atom stereocenters. The van der Waals surface area contributed by atoms with Gasteiger partial charge in [0, 0.05) is 6.54 Å². The van der Waals surface area contributed by atoms with Crippen molar-refractivity contribution in [1.82, 2.24) is 4.90 Å². The molecule has 0 aromatic heterocycles. The molecule has 0 radical (unpaired) electrons. The Labute approximate surface area is 103 Å². The van der Waals surface area contributed by atoms with Crippen LogP contribution in [0, 0.1) is 0 Å². The Kier molecular flexibility index (Phi) is 7.77. The van der Waals surface area contributed by atoms with E-state index in [1.165, 1.54) is 0 Å². The van der Waals surface area contributed by atoms with E-state index in [4.69, 9.17) is 9.84 Å². The molecule has 1 aromatic carbocycles. The van der Waals surface area contributed by atoms with E-state index in [-0.39, 0.29) is 18.2 Å². The first-order chi connectivity index (χ1) is 7.26. The van der Waals surface area contributed by atoms with E-state index in [0.29, 0.717) is 6.61 Å². The van der Waals surface area contributed by atoms with Crippen LogP contribution in [0.15, 0.2) is 24.3 Å². The number of nitrogens with zero attached hydrogens (tertiary/aromatic N) is 1. The van der Waals surface area contributed by atoms with Gasteiger partial charge in [0.2, 0.25) is 0 Å². The summed E-state index contributed by atoms with van der Waals surface area (Å²) in [7, 11) is 0. The van der Waals surface area contributed by atoms with Crippen molar-refractivity contribution in [3.8, 4) is 11.5 Å². The molecule has 1 N–H and O–H groups in total. The van der Waals surface area contributed by atoms with Crippen molar-refractivity contribution in [2.24, 2.45) is 0 Å². The Morgan fingerprint density at radius 1 is 1.12 bits per heavy atom. The van der Waals surface area contributed by atoms with Crippen molar-refractivity contribution < 1.29 is 9.84 Å². The smallest absolute Gasteiger partial charge is 0.119 e. The molecule has 0 aliphatic carbocycles. The first kappa shape index (κ1) is 15.1. The lowest BCUT2D eigenvalue weighted by atomic mass is 10.3. The van der Waals surface area contributed by atoms with E-state index in [9.17, 15) is 0 Å². The Morgan fingerprint density at radius 3 is 2.19 bits per heavy atom. The third-order valence-corrected chi connectivity index (χ3v) is 2.41. The number of aromatic hydroxyl groups is 1. The van der Waals surface area contributed by atoms with E-state index >= 15 is 0 Å². The van der Waals surface area contributed by atoms with E-state index in [1.54, 1.807) is 24.3 Å². The molecule has 3 nitrogen and oxygen atoms in total. The molecule has 16 heavy (non-hydrogen) atoms. The molecular weight excluding hydrogens is 226 g/mol. The molecule has 0 saturated carbocycles. The van der Waals surface area contributed by atoms with E-state index in [2.05, 4.69) is 18.7 Å². The fraction of sp³-hybridized carbons (Fsp3) is 0.500. The van der Waals surface area contributed by atoms with Crippen LogP contribution in [0.4, 0.5) is 0 Å². The highest BCUT2D eigenvalue weighted by molar-refractivity contribution is 5.85. The van der Waals surface area contributed by atoms with Gasteiger partial charge in [0.15, 0.2) is 0 Å². The van der Waals surface area contributed by atoms with Crippen molar-refractivity contribution in [2.75, 3.05) is 26.2 Å². The monoisotopic (exact) mass is 245 g/mol. The maximum Gasteiger partial charge on any atom is 0.119 e. The van der Waals surface area contributed by atoms with Crippen LogP contribution in [0.3, 0.4) is 0 Å². The first-order valence-corrected chi connectivity index (χ1v) is 5.40. The van der Waals surface area contributed by atoms with Gasteiger partial charge in [-0.15, -0.1) is 12.4 Å². The van der Waals surface area contributed by atoms with Crippen molar-refractivity contribution >= 4 is 12.4 Å². The largest absolute Gasteiger partial charge is 0.508 e. The predicted molar refractivity (Wildman–Crippen MR) is 68.6 cm³/mol. The average Bonchev–Trinajstić information content (AvgIpc) is 2.27. The van der Waals surface area contributed by atoms with Gasteiger partial charge in [-0.1, -0.05) is 13.8 Å². The zero-order valence-corrected chi connectivity index (χ0v) is 10.7. The molecule has 1 rings (SSSR count). The Bertz CT molecular complexity index is 273. The maximum atomic E-state index is 9.08. The standard InChI is InChI=1S/C12H19NO2.ClH/c1-3-13(4-2)9-10-15-12-7-5-11(14)6-8-12;/h5-8,14H,3-4,9-10H2,1-2H3;1H. The van der Waals surface area contributed by atoms with E-state index in [1.807, 2.05) is 0 Å². The van der Waals surface area contributed by atoms with Crippen LogP contribution in [0.5, 0.6) is 11.5 Å². The number of hydrogen-bond donors (Lipinski definition) is 1. The molecule has 0 fully saturated rings. The molecule has 0 saturated heterocycles. The second-order valence-electron chi connectivity index (χ2n) is 3.37. The highest BCUT2D eigenvalue weighted by atomic mass is 35.5. The molecule has 0 aliphatic rings. The SMILES string of the molecule is CCN(CC)CCOc1ccc(O)cc1.Cl. The summed E-state index contributed by atoms with van der Waals surface area (Å²) in [5.74, 6) is 1.08. The zero-order chi connectivity index (χ0) is 11.1. The topological polar surface area (TPSA) is 32.7 Å². The third-order valence-electron chi connectivity index (χ3n) is 2.41. The number of hydrogen-bond acceptors (Lipinski definition) is 3. The summed E-state index contributed by atoms with van der Waals surface area (Å²) >= 11 is 0. The minimum atomic E-state index is 0. The summed E-state index contributed by atoms with van der Waals surface area (Å²) in [6, 6.07) is 6.81. The summed E-state index contributed by atoms with van der Waals surface area (Å²) in [5.41, 5.74) is 0. The number of likely N-dealkylation sites (N-methyl/N-ethyl adjacent to an activating group) is 1. The minimum absolute atomic E-state index is 0. The van der Waals surface area contributed by atoms with Gasteiger partial charge in [-0.05, 0) is 37.4 Å². The normalized spacial score (nSPS) is 9.94. The number of halogens is 1. The fourth-order valence-corrected chi connectivity index (χ4v) is 1.37. The summed E-state index contributed by atoms with van der Waals surface area (Å²) in [6.07, 6.45) is 0. The van der Waals surface area contributed by atoms with Gasteiger partial charge in [0.1, 0.15) is 18.1 Å².